The first-order chi connectivity index (χ1) is 7.47. The molecule has 0 atom stereocenters. The molecule has 0 saturated heterocycles. The van der Waals surface area contributed by atoms with Gasteiger partial charge in [0.25, 0.3) is 0 Å². The Bertz CT molecular complexity index is 363. The Morgan fingerprint density at radius 3 is 2.75 bits per heavy atom. The zero-order valence-electron chi connectivity index (χ0n) is 9.76. The van der Waals surface area contributed by atoms with Crippen LogP contribution >= 0.6 is 27.3 Å². The Labute approximate surface area is 109 Å². The third-order valence-electron chi connectivity index (χ3n) is 2.39. The summed E-state index contributed by atoms with van der Waals surface area (Å²) in [7, 11) is 1.67. The number of amides is 1. The first-order valence-corrected chi connectivity index (χ1v) is 6.79. The Morgan fingerprint density at radius 2 is 2.25 bits per heavy atom. The lowest BCUT2D eigenvalue weighted by Gasteiger charge is -2.22. The van der Waals surface area contributed by atoms with Gasteiger partial charge < -0.3 is 10.6 Å². The molecule has 1 heterocycles. The van der Waals surface area contributed by atoms with Crippen LogP contribution in [0.3, 0.4) is 0 Å². The van der Waals surface area contributed by atoms with Gasteiger partial charge in [0, 0.05) is 29.5 Å². The zero-order valence-corrected chi connectivity index (χ0v) is 12.2. The topological polar surface area (TPSA) is 41.1 Å². The fourth-order valence-electron chi connectivity index (χ4n) is 1.36. The van der Waals surface area contributed by atoms with Crippen LogP contribution in [0.1, 0.15) is 18.7 Å². The third-order valence-corrected chi connectivity index (χ3v) is 4.31. The normalized spacial score (nSPS) is 11.5. The maximum Gasteiger partial charge on any atom is 0.226 e. The number of hydrogen-bond donors (Lipinski definition) is 2. The van der Waals surface area contributed by atoms with Gasteiger partial charge in [-0.05, 0) is 41.2 Å². The highest BCUT2D eigenvalue weighted by Crippen LogP contribution is 2.22. The van der Waals surface area contributed by atoms with Gasteiger partial charge in [-0.2, -0.15) is 0 Å². The van der Waals surface area contributed by atoms with E-state index in [9.17, 15) is 4.79 Å². The van der Waals surface area contributed by atoms with E-state index in [1.165, 1.54) is 4.88 Å². The van der Waals surface area contributed by atoms with Crippen LogP contribution in [0.2, 0.25) is 0 Å². The Balaban J connectivity index is 2.41. The van der Waals surface area contributed by atoms with Gasteiger partial charge in [-0.25, -0.2) is 0 Å². The van der Waals surface area contributed by atoms with E-state index in [0.717, 1.165) is 11.0 Å². The Hall–Kier alpha value is -0.390. The quantitative estimate of drug-likeness (QED) is 0.877. The van der Waals surface area contributed by atoms with Crippen LogP contribution in [0, 0.1) is 5.41 Å². The maximum atomic E-state index is 11.5. The molecule has 0 aliphatic heterocycles. The van der Waals surface area contributed by atoms with E-state index < -0.39 is 0 Å². The molecule has 1 aromatic rings. The highest BCUT2D eigenvalue weighted by atomic mass is 79.9. The number of halogens is 1. The van der Waals surface area contributed by atoms with Gasteiger partial charge in [-0.1, -0.05) is 0 Å². The predicted molar refractivity (Wildman–Crippen MR) is 71.6 cm³/mol. The molecule has 3 nitrogen and oxygen atoms in total. The smallest absolute Gasteiger partial charge is 0.226 e. The number of hydrogen-bond acceptors (Lipinski definition) is 3. The molecule has 0 aliphatic carbocycles. The number of carbonyl (C=O) groups excluding carboxylic acids is 1. The van der Waals surface area contributed by atoms with Gasteiger partial charge in [0.15, 0.2) is 0 Å². The molecule has 1 amide bonds. The molecule has 0 bridgehead atoms. The van der Waals surface area contributed by atoms with Crippen LogP contribution in [0.15, 0.2) is 15.9 Å². The number of thiophene rings is 1. The third kappa shape index (κ3) is 3.57. The standard InChI is InChI=1S/C11H17BrN2OS/c1-11(2,10(15)13-3)7-14-6-9-8(12)4-5-16-9/h4-5,14H,6-7H2,1-3H3,(H,13,15). The molecular weight excluding hydrogens is 288 g/mol. The number of rotatable bonds is 5. The van der Waals surface area contributed by atoms with Gasteiger partial charge >= 0.3 is 0 Å². The molecule has 0 saturated carbocycles. The van der Waals surface area contributed by atoms with Crippen molar-refractivity contribution in [2.45, 2.75) is 20.4 Å². The molecule has 0 aliphatic rings. The monoisotopic (exact) mass is 304 g/mol. The predicted octanol–water partition coefficient (Wildman–Crippen LogP) is 2.37. The molecule has 2 N–H and O–H groups in total. The molecule has 1 aromatic heterocycles. The molecular formula is C11H17BrN2OS. The van der Waals surface area contributed by atoms with E-state index in [0.29, 0.717) is 6.54 Å². The summed E-state index contributed by atoms with van der Waals surface area (Å²) in [5.74, 6) is 0.0604. The molecule has 0 spiro atoms. The fourth-order valence-corrected chi connectivity index (χ4v) is 2.82. The van der Waals surface area contributed by atoms with E-state index in [1.54, 1.807) is 18.4 Å². The van der Waals surface area contributed by atoms with E-state index in [4.69, 9.17) is 0 Å². The van der Waals surface area contributed by atoms with Crippen molar-refractivity contribution in [2.75, 3.05) is 13.6 Å². The van der Waals surface area contributed by atoms with Gasteiger partial charge in [0.05, 0.1) is 5.41 Å². The molecule has 90 valence electrons. The van der Waals surface area contributed by atoms with Crippen LogP contribution in [0.5, 0.6) is 0 Å². The van der Waals surface area contributed by atoms with Gasteiger partial charge in [0.1, 0.15) is 0 Å². The van der Waals surface area contributed by atoms with Crippen molar-refractivity contribution in [2.24, 2.45) is 5.41 Å². The van der Waals surface area contributed by atoms with Crippen molar-refractivity contribution in [3.63, 3.8) is 0 Å². The van der Waals surface area contributed by atoms with Crippen molar-refractivity contribution in [1.82, 2.24) is 10.6 Å². The second kappa shape index (κ2) is 5.80. The summed E-state index contributed by atoms with van der Waals surface area (Å²) in [4.78, 5) is 12.8. The van der Waals surface area contributed by atoms with Crippen LogP contribution in [-0.4, -0.2) is 19.5 Å². The van der Waals surface area contributed by atoms with Crippen LogP contribution in [0.25, 0.3) is 0 Å². The lowest BCUT2D eigenvalue weighted by molar-refractivity contribution is -0.128. The van der Waals surface area contributed by atoms with Crippen LogP contribution in [0.4, 0.5) is 0 Å². The molecule has 1 rings (SSSR count). The molecule has 5 heteroatoms. The van der Waals surface area contributed by atoms with Crippen LogP contribution in [-0.2, 0) is 11.3 Å². The van der Waals surface area contributed by atoms with E-state index >= 15 is 0 Å². The summed E-state index contributed by atoms with van der Waals surface area (Å²) in [6.45, 7) is 5.32. The van der Waals surface area contributed by atoms with E-state index in [1.807, 2.05) is 25.3 Å². The first-order valence-electron chi connectivity index (χ1n) is 5.12. The summed E-state index contributed by atoms with van der Waals surface area (Å²) in [5.41, 5.74) is -0.377. The molecule has 0 fully saturated rings. The largest absolute Gasteiger partial charge is 0.359 e. The van der Waals surface area contributed by atoms with Gasteiger partial charge in [0.2, 0.25) is 5.91 Å². The highest BCUT2D eigenvalue weighted by Gasteiger charge is 2.25. The molecule has 16 heavy (non-hydrogen) atoms. The molecule has 0 radical (unpaired) electrons. The summed E-state index contributed by atoms with van der Waals surface area (Å²) in [5, 5.41) is 8.03. The highest BCUT2D eigenvalue weighted by molar-refractivity contribution is 9.10. The lowest BCUT2D eigenvalue weighted by Crippen LogP contribution is -2.41. The summed E-state index contributed by atoms with van der Waals surface area (Å²) in [6.07, 6.45) is 0. The van der Waals surface area contributed by atoms with Crippen molar-refractivity contribution in [1.29, 1.82) is 0 Å². The van der Waals surface area contributed by atoms with E-state index in [2.05, 4.69) is 26.6 Å². The maximum absolute atomic E-state index is 11.5. The van der Waals surface area contributed by atoms with Crippen molar-refractivity contribution < 1.29 is 4.79 Å². The minimum atomic E-state index is -0.377. The summed E-state index contributed by atoms with van der Waals surface area (Å²) < 4.78 is 1.13. The second-order valence-corrected chi connectivity index (χ2v) is 6.11. The van der Waals surface area contributed by atoms with Gasteiger partial charge in [-0.3, -0.25) is 4.79 Å². The zero-order chi connectivity index (χ0) is 12.2. The first kappa shape index (κ1) is 13.7. The fraction of sp³-hybridized carbons (Fsp3) is 0.545. The second-order valence-electron chi connectivity index (χ2n) is 4.26. The minimum Gasteiger partial charge on any atom is -0.359 e. The molecule has 0 unspecified atom stereocenters. The average Bonchev–Trinajstić information content (AvgIpc) is 2.63. The number of carbonyl (C=O) groups is 1. The Morgan fingerprint density at radius 1 is 1.56 bits per heavy atom. The summed E-state index contributed by atoms with van der Waals surface area (Å²) in [6, 6.07) is 2.03. The van der Waals surface area contributed by atoms with Crippen LogP contribution < -0.4 is 10.6 Å². The summed E-state index contributed by atoms with van der Waals surface area (Å²) >= 11 is 5.18. The van der Waals surface area contributed by atoms with E-state index in [-0.39, 0.29) is 11.3 Å². The van der Waals surface area contributed by atoms with Crippen molar-refractivity contribution >= 4 is 33.2 Å². The lowest BCUT2D eigenvalue weighted by atomic mass is 9.92. The minimum absolute atomic E-state index is 0.0604. The molecule has 0 aromatic carbocycles. The van der Waals surface area contributed by atoms with Gasteiger partial charge in [-0.15, -0.1) is 11.3 Å². The van der Waals surface area contributed by atoms with Crippen molar-refractivity contribution in [3.05, 3.63) is 20.8 Å². The Kier molecular flexibility index (Phi) is 4.95. The van der Waals surface area contributed by atoms with Crippen molar-refractivity contribution in [3.8, 4) is 0 Å². The SMILES string of the molecule is CNC(=O)C(C)(C)CNCc1sccc1Br. The average molecular weight is 305 g/mol. The number of nitrogens with one attached hydrogen (secondary N) is 2.